The van der Waals surface area contributed by atoms with Crippen molar-refractivity contribution in [1.82, 2.24) is 10.2 Å². The fraction of sp³-hybridized carbons (Fsp3) is 0.615. The normalized spacial score (nSPS) is 19.8. The first-order chi connectivity index (χ1) is 9.49. The molecule has 0 atom stereocenters. The van der Waals surface area contributed by atoms with E-state index in [1.807, 2.05) is 0 Å². The van der Waals surface area contributed by atoms with Crippen molar-refractivity contribution in [2.45, 2.75) is 25.7 Å². The van der Waals surface area contributed by atoms with E-state index < -0.39 is 24.3 Å². The first kappa shape index (κ1) is 14.4. The highest BCUT2D eigenvalue weighted by atomic mass is 16.4. The van der Waals surface area contributed by atoms with E-state index in [9.17, 15) is 19.5 Å². The number of hydrogen-bond donors (Lipinski definition) is 3. The third-order valence-corrected chi connectivity index (χ3v) is 3.74. The fourth-order valence-corrected chi connectivity index (χ4v) is 2.38. The molecule has 2 rings (SSSR count). The molecule has 110 valence electrons. The lowest BCUT2D eigenvalue weighted by molar-refractivity contribution is -0.138. The number of aliphatic carboxylic acids is 1. The Bertz CT molecular complexity index is 467. The summed E-state index contributed by atoms with van der Waals surface area (Å²) in [5, 5.41) is 20.3. The highest BCUT2D eigenvalue weighted by Gasteiger charge is 2.34. The van der Waals surface area contributed by atoms with Crippen LogP contribution < -0.4 is 5.32 Å². The third kappa shape index (κ3) is 3.09. The molecule has 1 fully saturated rings. The van der Waals surface area contributed by atoms with Crippen LogP contribution in [0.25, 0.3) is 0 Å². The molecule has 0 spiro atoms. The molecule has 7 nitrogen and oxygen atoms in total. The van der Waals surface area contributed by atoms with Crippen molar-refractivity contribution >= 4 is 17.8 Å². The average Bonchev–Trinajstić information content (AvgIpc) is 2.33. The van der Waals surface area contributed by atoms with Crippen molar-refractivity contribution in [3.8, 4) is 0 Å². The van der Waals surface area contributed by atoms with E-state index in [1.165, 1.54) is 6.42 Å². The van der Waals surface area contributed by atoms with E-state index in [-0.39, 0.29) is 17.8 Å². The number of carbonyl (C=O) groups is 3. The number of nitrogens with zero attached hydrogens (tertiary/aromatic N) is 1. The summed E-state index contributed by atoms with van der Waals surface area (Å²) in [6.07, 6.45) is 3.56. The predicted molar refractivity (Wildman–Crippen MR) is 68.8 cm³/mol. The van der Waals surface area contributed by atoms with Crippen LogP contribution in [-0.4, -0.2) is 52.5 Å². The van der Waals surface area contributed by atoms with Gasteiger partial charge in [0.05, 0.1) is 0 Å². The molecule has 0 aromatic carbocycles. The molecule has 20 heavy (non-hydrogen) atoms. The highest BCUT2D eigenvalue weighted by molar-refractivity contribution is 6.19. The van der Waals surface area contributed by atoms with Gasteiger partial charge in [-0.2, -0.15) is 0 Å². The van der Waals surface area contributed by atoms with Crippen LogP contribution in [0.15, 0.2) is 11.3 Å². The Morgan fingerprint density at radius 3 is 2.60 bits per heavy atom. The molecule has 0 aromatic rings. The molecule has 7 heteroatoms. The van der Waals surface area contributed by atoms with Crippen molar-refractivity contribution in [2.75, 3.05) is 19.6 Å². The molecule has 2 amide bonds. The van der Waals surface area contributed by atoms with Crippen molar-refractivity contribution < 1.29 is 24.6 Å². The number of nitrogens with one attached hydrogen (secondary N) is 1. The van der Waals surface area contributed by atoms with Gasteiger partial charge in [-0.25, -0.2) is 0 Å². The Morgan fingerprint density at radius 2 is 2.05 bits per heavy atom. The summed E-state index contributed by atoms with van der Waals surface area (Å²) >= 11 is 0. The number of amides is 2. The zero-order valence-corrected chi connectivity index (χ0v) is 11.1. The Labute approximate surface area is 116 Å². The summed E-state index contributed by atoms with van der Waals surface area (Å²) in [6, 6.07) is 0. The van der Waals surface area contributed by atoms with Gasteiger partial charge in [-0.1, -0.05) is 6.42 Å². The van der Waals surface area contributed by atoms with Gasteiger partial charge < -0.3 is 20.4 Å². The summed E-state index contributed by atoms with van der Waals surface area (Å²) in [5.41, 5.74) is -0.322. The van der Waals surface area contributed by atoms with Gasteiger partial charge in [-0.05, 0) is 18.8 Å². The van der Waals surface area contributed by atoms with Crippen LogP contribution in [0.5, 0.6) is 0 Å². The van der Waals surface area contributed by atoms with Crippen LogP contribution in [0.4, 0.5) is 0 Å². The molecule has 0 bridgehead atoms. The smallest absolute Gasteiger partial charge is 0.322 e. The molecule has 1 aliphatic carbocycles. The molecule has 1 saturated carbocycles. The van der Waals surface area contributed by atoms with Gasteiger partial charge >= 0.3 is 5.97 Å². The minimum atomic E-state index is -1.20. The Balaban J connectivity index is 2.02. The molecular weight excluding hydrogens is 264 g/mol. The van der Waals surface area contributed by atoms with Crippen LogP contribution in [0, 0.1) is 5.92 Å². The zero-order chi connectivity index (χ0) is 14.7. The zero-order valence-electron chi connectivity index (χ0n) is 11.1. The summed E-state index contributed by atoms with van der Waals surface area (Å²) in [4.78, 5) is 36.0. The van der Waals surface area contributed by atoms with Crippen LogP contribution in [0.3, 0.4) is 0 Å². The van der Waals surface area contributed by atoms with Crippen LogP contribution >= 0.6 is 0 Å². The summed E-state index contributed by atoms with van der Waals surface area (Å²) in [5.74, 6) is -2.32. The average molecular weight is 282 g/mol. The van der Waals surface area contributed by atoms with Crippen molar-refractivity contribution in [3.63, 3.8) is 0 Å². The minimum absolute atomic E-state index is 0.230. The lowest BCUT2D eigenvalue weighted by Gasteiger charge is -2.34. The highest BCUT2D eigenvalue weighted by Crippen LogP contribution is 2.29. The second-order valence-electron chi connectivity index (χ2n) is 5.20. The van der Waals surface area contributed by atoms with Crippen LogP contribution in [-0.2, 0) is 14.4 Å². The van der Waals surface area contributed by atoms with Gasteiger partial charge in [-0.15, -0.1) is 0 Å². The molecule has 3 N–H and O–H groups in total. The number of carbonyl (C=O) groups excluding carboxylic acids is 2. The van der Waals surface area contributed by atoms with Gasteiger partial charge in [0.2, 0.25) is 0 Å². The number of hydrogen-bond acceptors (Lipinski definition) is 4. The predicted octanol–water partition coefficient (Wildman–Crippen LogP) is 0.0317. The second-order valence-corrected chi connectivity index (χ2v) is 5.20. The van der Waals surface area contributed by atoms with E-state index >= 15 is 0 Å². The Kier molecular flexibility index (Phi) is 4.26. The van der Waals surface area contributed by atoms with Gasteiger partial charge in [0.15, 0.2) is 0 Å². The van der Waals surface area contributed by atoms with E-state index in [2.05, 4.69) is 5.32 Å². The second kappa shape index (κ2) is 5.94. The van der Waals surface area contributed by atoms with E-state index in [1.54, 1.807) is 4.90 Å². The van der Waals surface area contributed by atoms with Gasteiger partial charge in [0, 0.05) is 19.5 Å². The van der Waals surface area contributed by atoms with Crippen LogP contribution in [0.1, 0.15) is 25.7 Å². The molecule has 0 radical (unpaired) electrons. The maximum absolute atomic E-state index is 12.2. The standard InChI is InChI=1S/C13H18N2O5/c16-9-4-5-15(7-8-2-1-3-8)13(20)11(9)12(19)14-6-10(17)18/h8,16H,1-7H2,(H,14,19)(H,17,18). The van der Waals surface area contributed by atoms with E-state index in [4.69, 9.17) is 5.11 Å². The molecule has 0 unspecified atom stereocenters. The SMILES string of the molecule is O=C(O)CNC(=O)C1=C(O)CCN(CC2CCC2)C1=O. The summed E-state index contributed by atoms with van der Waals surface area (Å²) < 4.78 is 0. The van der Waals surface area contributed by atoms with Crippen molar-refractivity contribution in [3.05, 3.63) is 11.3 Å². The molecular formula is C13H18N2O5. The van der Waals surface area contributed by atoms with Gasteiger partial charge in [0.1, 0.15) is 17.9 Å². The topological polar surface area (TPSA) is 107 Å². The van der Waals surface area contributed by atoms with Gasteiger partial charge in [0.25, 0.3) is 11.8 Å². The maximum Gasteiger partial charge on any atom is 0.322 e. The van der Waals surface area contributed by atoms with E-state index in [0.29, 0.717) is 19.0 Å². The van der Waals surface area contributed by atoms with Crippen molar-refractivity contribution in [2.24, 2.45) is 5.92 Å². The number of carboxylic acids is 1. The molecule has 0 saturated heterocycles. The molecule has 1 aliphatic heterocycles. The maximum atomic E-state index is 12.2. The quantitative estimate of drug-likeness (QED) is 0.617. The largest absolute Gasteiger partial charge is 0.511 e. The van der Waals surface area contributed by atoms with Crippen molar-refractivity contribution in [1.29, 1.82) is 0 Å². The number of aliphatic hydroxyl groups excluding tert-OH is 1. The Hall–Kier alpha value is -2.05. The lowest BCUT2D eigenvalue weighted by Crippen LogP contribution is -2.46. The minimum Gasteiger partial charge on any atom is -0.511 e. The van der Waals surface area contributed by atoms with Crippen LogP contribution in [0.2, 0.25) is 0 Å². The number of rotatable bonds is 5. The fourth-order valence-electron chi connectivity index (χ4n) is 2.38. The lowest BCUT2D eigenvalue weighted by atomic mass is 9.84. The first-order valence-corrected chi connectivity index (χ1v) is 6.70. The summed E-state index contributed by atoms with van der Waals surface area (Å²) in [7, 11) is 0. The van der Waals surface area contributed by atoms with E-state index in [0.717, 1.165) is 12.8 Å². The molecule has 0 aromatic heterocycles. The Morgan fingerprint density at radius 1 is 1.35 bits per heavy atom. The molecule has 1 heterocycles. The first-order valence-electron chi connectivity index (χ1n) is 6.70. The molecule has 2 aliphatic rings. The summed E-state index contributed by atoms with van der Waals surface area (Å²) in [6.45, 7) is 0.421. The number of aliphatic hydroxyl groups is 1. The van der Waals surface area contributed by atoms with Gasteiger partial charge in [-0.3, -0.25) is 14.4 Å². The number of carboxylic acid groups (broad SMARTS) is 1. The monoisotopic (exact) mass is 282 g/mol. The third-order valence-electron chi connectivity index (χ3n) is 3.74.